The second-order valence-electron chi connectivity index (χ2n) is 6.75. The maximum atomic E-state index is 12.9. The molecule has 142 valence electrons. The Labute approximate surface area is 162 Å². The van der Waals surface area contributed by atoms with Crippen LogP contribution in [0.5, 0.6) is 0 Å². The summed E-state index contributed by atoms with van der Waals surface area (Å²) in [5.74, 6) is 1.27. The Bertz CT molecular complexity index is 1080. The minimum atomic E-state index is -3.72. The third-order valence-electron chi connectivity index (χ3n) is 4.60. The Kier molecular flexibility index (Phi) is 4.57. The fourth-order valence-electron chi connectivity index (χ4n) is 3.03. The summed E-state index contributed by atoms with van der Waals surface area (Å²) >= 11 is 5.86. The number of aromatic amines is 1. The van der Waals surface area contributed by atoms with Gasteiger partial charge in [-0.15, -0.1) is 10.2 Å². The van der Waals surface area contributed by atoms with Gasteiger partial charge in [0.05, 0.1) is 0 Å². The van der Waals surface area contributed by atoms with Crippen LogP contribution < -0.4 is 4.72 Å². The van der Waals surface area contributed by atoms with Gasteiger partial charge < -0.3 is 9.40 Å². The summed E-state index contributed by atoms with van der Waals surface area (Å²) in [4.78, 5) is 3.29. The van der Waals surface area contributed by atoms with Crippen molar-refractivity contribution in [2.24, 2.45) is 0 Å². The van der Waals surface area contributed by atoms with Gasteiger partial charge >= 0.3 is 0 Å². The molecule has 0 unspecified atom stereocenters. The quantitative estimate of drug-likeness (QED) is 0.650. The molecule has 0 bridgehead atoms. The number of sulfonamides is 1. The van der Waals surface area contributed by atoms with Crippen molar-refractivity contribution in [3.05, 3.63) is 52.0 Å². The number of aromatic nitrogens is 3. The largest absolute Gasteiger partial charge is 0.419 e. The maximum Gasteiger partial charge on any atom is 0.264 e. The maximum absolute atomic E-state index is 12.9. The van der Waals surface area contributed by atoms with E-state index in [2.05, 4.69) is 19.9 Å². The zero-order chi connectivity index (χ0) is 19.2. The van der Waals surface area contributed by atoms with E-state index in [9.17, 15) is 8.42 Å². The van der Waals surface area contributed by atoms with Crippen molar-refractivity contribution in [2.75, 3.05) is 0 Å². The average Bonchev–Trinajstić information content (AvgIpc) is 3.27. The fraction of sp³-hybridized carbons (Fsp3) is 0.333. The Hall–Kier alpha value is -2.16. The SMILES string of the molecule is Cc1[nH]c(-c2nnc(C3CC3)o2)c(C)c1S(=O)(=O)NCc1ccc(Cl)cc1. The summed E-state index contributed by atoms with van der Waals surface area (Å²) in [6.45, 7) is 3.62. The molecule has 27 heavy (non-hydrogen) atoms. The predicted octanol–water partition coefficient (Wildman–Crippen LogP) is 3.69. The van der Waals surface area contributed by atoms with Crippen molar-refractivity contribution < 1.29 is 12.8 Å². The van der Waals surface area contributed by atoms with Crippen molar-refractivity contribution >= 4 is 21.6 Å². The highest BCUT2D eigenvalue weighted by atomic mass is 35.5. The van der Waals surface area contributed by atoms with Gasteiger partial charge in [0.1, 0.15) is 10.6 Å². The van der Waals surface area contributed by atoms with Crippen molar-refractivity contribution in [1.29, 1.82) is 0 Å². The van der Waals surface area contributed by atoms with Gasteiger partial charge in [-0.05, 0) is 49.9 Å². The van der Waals surface area contributed by atoms with Crippen molar-refractivity contribution in [3.63, 3.8) is 0 Å². The molecule has 0 aliphatic heterocycles. The third-order valence-corrected chi connectivity index (χ3v) is 6.52. The molecule has 0 radical (unpaired) electrons. The van der Waals surface area contributed by atoms with Crippen LogP contribution in [0.2, 0.25) is 5.02 Å². The van der Waals surface area contributed by atoms with Crippen molar-refractivity contribution in [1.82, 2.24) is 19.9 Å². The summed E-state index contributed by atoms with van der Waals surface area (Å²) in [6.07, 6.45) is 2.11. The average molecular weight is 407 g/mol. The number of halogens is 1. The molecule has 2 N–H and O–H groups in total. The number of aryl methyl sites for hydroxylation is 1. The number of H-pyrrole nitrogens is 1. The van der Waals surface area contributed by atoms with Crippen LogP contribution >= 0.6 is 11.6 Å². The molecular weight excluding hydrogens is 388 g/mol. The first-order valence-electron chi connectivity index (χ1n) is 8.62. The molecule has 1 aliphatic carbocycles. The monoisotopic (exact) mass is 406 g/mol. The topological polar surface area (TPSA) is 101 Å². The Morgan fingerprint density at radius 2 is 1.93 bits per heavy atom. The zero-order valence-electron chi connectivity index (χ0n) is 14.9. The molecule has 1 aromatic carbocycles. The normalized spacial score (nSPS) is 14.6. The molecule has 0 saturated heterocycles. The summed E-state index contributed by atoms with van der Waals surface area (Å²) in [5.41, 5.74) is 2.44. The molecule has 2 heterocycles. The first kappa shape index (κ1) is 18.2. The lowest BCUT2D eigenvalue weighted by Crippen LogP contribution is -2.24. The number of nitrogens with one attached hydrogen (secondary N) is 2. The number of nitrogens with zero attached hydrogens (tertiary/aromatic N) is 2. The first-order valence-corrected chi connectivity index (χ1v) is 10.5. The smallest absolute Gasteiger partial charge is 0.264 e. The Morgan fingerprint density at radius 1 is 1.22 bits per heavy atom. The number of hydrogen-bond acceptors (Lipinski definition) is 5. The Morgan fingerprint density at radius 3 is 2.59 bits per heavy atom. The molecule has 7 nitrogen and oxygen atoms in total. The van der Waals surface area contributed by atoms with Gasteiger partial charge in [-0.3, -0.25) is 0 Å². The minimum absolute atomic E-state index is 0.172. The van der Waals surface area contributed by atoms with Gasteiger partial charge in [-0.25, -0.2) is 13.1 Å². The standard InChI is InChI=1S/C18H19ClN4O3S/c1-10-15(18-23-22-17(26-18)13-5-6-13)21-11(2)16(10)27(24,25)20-9-12-3-7-14(19)8-4-12/h3-4,7-8,13,20-21H,5-6,9H2,1-2H3. The first-order chi connectivity index (χ1) is 12.8. The van der Waals surface area contributed by atoms with Gasteiger partial charge in [0, 0.05) is 23.2 Å². The van der Waals surface area contributed by atoms with Crippen molar-refractivity contribution in [2.45, 2.75) is 44.0 Å². The minimum Gasteiger partial charge on any atom is -0.419 e. The highest BCUT2D eigenvalue weighted by molar-refractivity contribution is 7.89. The third kappa shape index (κ3) is 3.65. The van der Waals surface area contributed by atoms with Gasteiger partial charge in [0.15, 0.2) is 0 Å². The molecule has 4 rings (SSSR count). The molecule has 0 amide bonds. The summed E-state index contributed by atoms with van der Waals surface area (Å²) in [6, 6.07) is 7.02. The molecule has 1 saturated carbocycles. The Balaban J connectivity index is 1.60. The molecule has 0 spiro atoms. The van der Waals surface area contributed by atoms with E-state index in [1.807, 2.05) is 0 Å². The van der Waals surface area contributed by atoms with Crippen LogP contribution in [0.15, 0.2) is 33.6 Å². The van der Waals surface area contributed by atoms with Crippen LogP contribution in [0.3, 0.4) is 0 Å². The second-order valence-corrected chi connectivity index (χ2v) is 8.89. The van der Waals surface area contributed by atoms with E-state index in [0.29, 0.717) is 39.7 Å². The van der Waals surface area contributed by atoms with Gasteiger partial charge in [0.25, 0.3) is 5.89 Å². The van der Waals surface area contributed by atoms with E-state index in [4.69, 9.17) is 16.0 Å². The summed E-state index contributed by atoms with van der Waals surface area (Å²) in [7, 11) is -3.72. The molecule has 9 heteroatoms. The molecule has 0 atom stereocenters. The second kappa shape index (κ2) is 6.78. The number of benzene rings is 1. The molecular formula is C18H19ClN4O3S. The molecule has 2 aromatic heterocycles. The van der Waals surface area contributed by atoms with Crippen LogP contribution in [0.1, 0.15) is 41.5 Å². The van der Waals surface area contributed by atoms with E-state index in [0.717, 1.165) is 18.4 Å². The fourth-order valence-corrected chi connectivity index (χ4v) is 4.62. The van der Waals surface area contributed by atoms with Crippen LogP contribution in [-0.4, -0.2) is 23.6 Å². The van der Waals surface area contributed by atoms with E-state index >= 15 is 0 Å². The molecule has 1 aliphatic rings. The molecule has 3 aromatic rings. The highest BCUT2D eigenvalue weighted by Gasteiger charge is 2.31. The lowest BCUT2D eigenvalue weighted by atomic mass is 10.2. The van der Waals surface area contributed by atoms with E-state index in [1.54, 1.807) is 38.1 Å². The van der Waals surface area contributed by atoms with Crippen molar-refractivity contribution in [3.8, 4) is 11.6 Å². The lowest BCUT2D eigenvalue weighted by Gasteiger charge is -2.08. The molecule has 1 fully saturated rings. The van der Waals surface area contributed by atoms with Crippen LogP contribution in [0, 0.1) is 13.8 Å². The van der Waals surface area contributed by atoms with E-state index in [1.165, 1.54) is 0 Å². The van der Waals surface area contributed by atoms with Crippen LogP contribution in [0.25, 0.3) is 11.6 Å². The van der Waals surface area contributed by atoms with Crippen LogP contribution in [-0.2, 0) is 16.6 Å². The zero-order valence-corrected chi connectivity index (χ0v) is 16.5. The predicted molar refractivity (Wildman–Crippen MR) is 101 cm³/mol. The number of hydrogen-bond donors (Lipinski definition) is 2. The summed E-state index contributed by atoms with van der Waals surface area (Å²) < 4.78 is 34.1. The van der Waals surface area contributed by atoms with Crippen LogP contribution in [0.4, 0.5) is 0 Å². The van der Waals surface area contributed by atoms with E-state index in [-0.39, 0.29) is 11.4 Å². The van der Waals surface area contributed by atoms with Gasteiger partial charge in [-0.2, -0.15) is 0 Å². The van der Waals surface area contributed by atoms with Gasteiger partial charge in [0.2, 0.25) is 15.9 Å². The van der Waals surface area contributed by atoms with Gasteiger partial charge in [-0.1, -0.05) is 23.7 Å². The summed E-state index contributed by atoms with van der Waals surface area (Å²) in [5, 5.41) is 8.74. The lowest BCUT2D eigenvalue weighted by molar-refractivity contribution is 0.507. The highest BCUT2D eigenvalue weighted by Crippen LogP contribution is 2.40. The number of rotatable bonds is 6. The van der Waals surface area contributed by atoms with E-state index < -0.39 is 10.0 Å².